The number of anilines is 1. The number of carbonyl (C=O) groups is 1. The first-order chi connectivity index (χ1) is 12.4. The first kappa shape index (κ1) is 21.2. The molecule has 0 unspecified atom stereocenters. The Kier molecular flexibility index (Phi) is 7.18. The summed E-state index contributed by atoms with van der Waals surface area (Å²) in [6, 6.07) is 11.7. The SMILES string of the molecule is Cc1ccc(NC(=O)Cc2csc(=Nc3ccccc3F)n2C)cc1Cl.Cl. The fourth-order valence-electron chi connectivity index (χ4n) is 2.35. The van der Waals surface area contributed by atoms with Crippen LogP contribution in [0.5, 0.6) is 0 Å². The molecule has 0 aliphatic rings. The maximum atomic E-state index is 13.8. The number of carbonyl (C=O) groups excluding carboxylic acids is 1. The smallest absolute Gasteiger partial charge is 0.230 e. The summed E-state index contributed by atoms with van der Waals surface area (Å²) in [7, 11) is 1.81. The molecule has 1 heterocycles. The van der Waals surface area contributed by atoms with E-state index in [-0.39, 0.29) is 36.2 Å². The number of thiazole rings is 1. The number of nitrogens with zero attached hydrogens (tertiary/aromatic N) is 2. The van der Waals surface area contributed by atoms with Gasteiger partial charge in [-0.05, 0) is 36.8 Å². The van der Waals surface area contributed by atoms with Gasteiger partial charge in [0.15, 0.2) is 4.80 Å². The molecule has 0 spiro atoms. The molecule has 2 aromatic carbocycles. The van der Waals surface area contributed by atoms with Gasteiger partial charge in [-0.3, -0.25) is 4.79 Å². The van der Waals surface area contributed by atoms with Gasteiger partial charge >= 0.3 is 0 Å². The number of aromatic nitrogens is 1. The van der Waals surface area contributed by atoms with Gasteiger partial charge in [-0.2, -0.15) is 0 Å². The van der Waals surface area contributed by atoms with Gasteiger partial charge in [0.25, 0.3) is 0 Å². The molecule has 0 saturated heterocycles. The molecule has 0 atom stereocenters. The molecule has 3 rings (SSSR count). The average Bonchev–Trinajstić information content (AvgIpc) is 2.93. The Hall–Kier alpha value is -2.15. The zero-order valence-electron chi connectivity index (χ0n) is 14.7. The molecule has 0 saturated carbocycles. The number of hydrogen-bond donors (Lipinski definition) is 1. The van der Waals surface area contributed by atoms with E-state index in [4.69, 9.17) is 11.6 Å². The highest BCUT2D eigenvalue weighted by atomic mass is 35.5. The van der Waals surface area contributed by atoms with Gasteiger partial charge in [-0.1, -0.05) is 29.8 Å². The topological polar surface area (TPSA) is 46.4 Å². The van der Waals surface area contributed by atoms with Crippen molar-refractivity contribution in [1.29, 1.82) is 0 Å². The monoisotopic (exact) mass is 425 g/mol. The largest absolute Gasteiger partial charge is 0.326 e. The van der Waals surface area contributed by atoms with Crippen molar-refractivity contribution >= 4 is 52.6 Å². The third-order valence-corrected chi connectivity index (χ3v) is 5.26. The summed E-state index contributed by atoms with van der Waals surface area (Å²) in [5.41, 5.74) is 2.67. The quantitative estimate of drug-likeness (QED) is 0.626. The van der Waals surface area contributed by atoms with Crippen LogP contribution in [0.1, 0.15) is 11.3 Å². The molecule has 0 aliphatic carbocycles. The van der Waals surface area contributed by atoms with Crippen molar-refractivity contribution in [3.63, 3.8) is 0 Å². The third kappa shape index (κ3) is 5.19. The Labute approximate surface area is 171 Å². The van der Waals surface area contributed by atoms with Crippen LogP contribution in [0.4, 0.5) is 15.8 Å². The highest BCUT2D eigenvalue weighted by molar-refractivity contribution is 7.07. The number of rotatable bonds is 4. The van der Waals surface area contributed by atoms with E-state index in [0.717, 1.165) is 11.3 Å². The lowest BCUT2D eigenvalue weighted by atomic mass is 10.2. The Bertz CT molecular complexity index is 1030. The van der Waals surface area contributed by atoms with E-state index >= 15 is 0 Å². The van der Waals surface area contributed by atoms with Gasteiger partial charge in [0, 0.05) is 28.8 Å². The van der Waals surface area contributed by atoms with Crippen molar-refractivity contribution in [2.45, 2.75) is 13.3 Å². The van der Waals surface area contributed by atoms with E-state index in [1.165, 1.54) is 17.4 Å². The van der Waals surface area contributed by atoms with Crippen LogP contribution < -0.4 is 10.1 Å². The molecule has 142 valence electrons. The molecule has 27 heavy (non-hydrogen) atoms. The summed E-state index contributed by atoms with van der Waals surface area (Å²) < 4.78 is 15.5. The van der Waals surface area contributed by atoms with E-state index < -0.39 is 0 Å². The molecule has 4 nitrogen and oxygen atoms in total. The minimum absolute atomic E-state index is 0. The van der Waals surface area contributed by atoms with Crippen LogP contribution in [0.3, 0.4) is 0 Å². The molecule has 1 N–H and O–H groups in total. The maximum Gasteiger partial charge on any atom is 0.230 e. The van der Waals surface area contributed by atoms with Crippen LogP contribution >= 0.6 is 35.3 Å². The fraction of sp³-hybridized carbons (Fsp3) is 0.158. The van der Waals surface area contributed by atoms with Crippen molar-refractivity contribution in [1.82, 2.24) is 4.57 Å². The number of para-hydroxylation sites is 1. The molecular weight excluding hydrogens is 408 g/mol. The lowest BCUT2D eigenvalue weighted by molar-refractivity contribution is -0.115. The van der Waals surface area contributed by atoms with Crippen molar-refractivity contribution in [2.24, 2.45) is 12.0 Å². The molecule has 0 fully saturated rings. The van der Waals surface area contributed by atoms with Gasteiger partial charge in [-0.25, -0.2) is 9.38 Å². The van der Waals surface area contributed by atoms with Crippen molar-refractivity contribution in [3.05, 3.63) is 74.7 Å². The second-order valence-corrected chi connectivity index (χ2v) is 7.06. The second-order valence-electron chi connectivity index (χ2n) is 5.82. The number of hydrogen-bond acceptors (Lipinski definition) is 3. The summed E-state index contributed by atoms with van der Waals surface area (Å²) in [6.07, 6.45) is 0.186. The van der Waals surface area contributed by atoms with Crippen molar-refractivity contribution in [3.8, 4) is 0 Å². The Morgan fingerprint density at radius 1 is 1.30 bits per heavy atom. The van der Waals surface area contributed by atoms with Crippen LogP contribution in [-0.4, -0.2) is 10.5 Å². The maximum absolute atomic E-state index is 13.8. The molecule has 3 aromatic rings. The molecule has 1 amide bonds. The minimum atomic E-state index is -0.378. The Morgan fingerprint density at radius 3 is 2.74 bits per heavy atom. The summed E-state index contributed by atoms with van der Waals surface area (Å²) >= 11 is 7.44. The molecule has 0 radical (unpaired) electrons. The van der Waals surface area contributed by atoms with Gasteiger partial charge in [0.1, 0.15) is 11.5 Å². The predicted molar refractivity (Wildman–Crippen MR) is 111 cm³/mol. The summed E-state index contributed by atoms with van der Waals surface area (Å²) in [5, 5.41) is 5.29. The van der Waals surface area contributed by atoms with E-state index in [2.05, 4.69) is 10.3 Å². The average molecular weight is 426 g/mol. The van der Waals surface area contributed by atoms with Crippen LogP contribution in [-0.2, 0) is 18.3 Å². The van der Waals surface area contributed by atoms with Gasteiger partial charge in [-0.15, -0.1) is 23.7 Å². The predicted octanol–water partition coefficient (Wildman–Crippen LogP) is 5.02. The third-order valence-electron chi connectivity index (χ3n) is 3.88. The van der Waals surface area contributed by atoms with Crippen LogP contribution in [0.2, 0.25) is 5.02 Å². The van der Waals surface area contributed by atoms with Gasteiger partial charge in [0.2, 0.25) is 5.91 Å². The van der Waals surface area contributed by atoms with E-state index in [0.29, 0.717) is 15.5 Å². The molecule has 0 bridgehead atoms. The van der Waals surface area contributed by atoms with E-state index in [9.17, 15) is 9.18 Å². The minimum Gasteiger partial charge on any atom is -0.326 e. The summed E-state index contributed by atoms with van der Waals surface area (Å²) in [5.74, 6) is -0.535. The molecule has 8 heteroatoms. The van der Waals surface area contributed by atoms with E-state index in [1.807, 2.05) is 31.5 Å². The number of aryl methyl sites for hydroxylation is 1. The zero-order chi connectivity index (χ0) is 18.7. The molecule has 1 aromatic heterocycles. The van der Waals surface area contributed by atoms with Crippen LogP contribution in [0, 0.1) is 12.7 Å². The molecule has 0 aliphatic heterocycles. The summed E-state index contributed by atoms with van der Waals surface area (Å²) in [6.45, 7) is 1.90. The Morgan fingerprint density at radius 2 is 2.04 bits per heavy atom. The van der Waals surface area contributed by atoms with Gasteiger partial charge < -0.3 is 9.88 Å². The first-order valence-corrected chi connectivity index (χ1v) is 9.18. The lowest BCUT2D eigenvalue weighted by Crippen LogP contribution is -2.19. The van der Waals surface area contributed by atoms with E-state index in [1.54, 1.807) is 28.8 Å². The molecular formula is C19H18Cl2FN3OS. The standard InChI is InChI=1S/C19H17ClFN3OS.ClH/c1-12-7-8-13(9-15(12)20)22-18(25)10-14-11-26-19(24(14)2)23-17-6-4-3-5-16(17)21;/h3-9,11H,10H2,1-2H3,(H,22,25);1H. The highest BCUT2D eigenvalue weighted by Crippen LogP contribution is 2.20. The first-order valence-electron chi connectivity index (χ1n) is 7.92. The van der Waals surface area contributed by atoms with Gasteiger partial charge in [0.05, 0.1) is 6.42 Å². The van der Waals surface area contributed by atoms with Crippen molar-refractivity contribution in [2.75, 3.05) is 5.32 Å². The van der Waals surface area contributed by atoms with Crippen molar-refractivity contribution < 1.29 is 9.18 Å². The fourth-order valence-corrected chi connectivity index (χ4v) is 3.44. The number of benzene rings is 2. The van der Waals surface area contributed by atoms with Crippen LogP contribution in [0.15, 0.2) is 52.8 Å². The normalized spacial score (nSPS) is 11.2. The Balaban J connectivity index is 0.00000261. The number of halogens is 3. The second kappa shape index (κ2) is 9.17. The zero-order valence-corrected chi connectivity index (χ0v) is 17.1. The summed E-state index contributed by atoms with van der Waals surface area (Å²) in [4.78, 5) is 17.3. The number of amides is 1. The number of nitrogens with one attached hydrogen (secondary N) is 1. The highest BCUT2D eigenvalue weighted by Gasteiger charge is 2.10. The van der Waals surface area contributed by atoms with Crippen LogP contribution in [0.25, 0.3) is 0 Å². The lowest BCUT2D eigenvalue weighted by Gasteiger charge is -2.07.